The van der Waals surface area contributed by atoms with Gasteiger partial charge in [-0.1, -0.05) is 24.2 Å². The first-order valence-corrected chi connectivity index (χ1v) is 8.37. The predicted molar refractivity (Wildman–Crippen MR) is 83.2 cm³/mol. The number of carbonyl (C=O) groups excluding carboxylic acids is 1. The number of hydrogen-bond acceptors (Lipinski definition) is 6. The van der Waals surface area contributed by atoms with Crippen LogP contribution in [0.1, 0.15) is 48.3 Å². The van der Waals surface area contributed by atoms with Gasteiger partial charge >= 0.3 is 0 Å². The molecule has 2 atom stereocenters. The normalized spacial score (nSPS) is 23.2. The van der Waals surface area contributed by atoms with E-state index in [0.29, 0.717) is 31.3 Å². The summed E-state index contributed by atoms with van der Waals surface area (Å²) in [5, 5.41) is 12.1. The van der Waals surface area contributed by atoms with Crippen LogP contribution in [0.5, 0.6) is 0 Å². The number of carbonyl (C=O) groups is 1. The number of nitrogens with zero attached hydrogens (tertiary/aromatic N) is 5. The summed E-state index contributed by atoms with van der Waals surface area (Å²) in [6, 6.07) is 1.77. The molecule has 0 saturated carbocycles. The molecule has 0 radical (unpaired) electrons. The number of amides is 1. The lowest BCUT2D eigenvalue weighted by molar-refractivity contribution is -0.0606. The standard InChI is InChI=1S/C16H21N5O3/c1-10(2)5-12-6-13(18-24-12)16(22)20-4-3-15-14(8-20)21-11(9-23-15)7-17-19-21/h6-7,10,14-15H,3-5,8-9H2,1-2H3/t14-,15-/m0/s1. The SMILES string of the molecule is CC(C)Cc1cc(C(=O)N2CC[C@@H]3OCc4cnnn4[C@H]3C2)no1. The van der Waals surface area contributed by atoms with Gasteiger partial charge in [-0.15, -0.1) is 5.10 Å². The number of likely N-dealkylation sites (tertiary alicyclic amines) is 1. The van der Waals surface area contributed by atoms with E-state index in [1.807, 2.05) is 4.68 Å². The maximum absolute atomic E-state index is 12.7. The van der Waals surface area contributed by atoms with E-state index in [0.717, 1.165) is 24.3 Å². The third-order valence-electron chi connectivity index (χ3n) is 4.60. The van der Waals surface area contributed by atoms with Crippen molar-refractivity contribution in [2.24, 2.45) is 5.92 Å². The summed E-state index contributed by atoms with van der Waals surface area (Å²) in [6.45, 7) is 5.94. The van der Waals surface area contributed by atoms with Gasteiger partial charge in [0, 0.05) is 25.6 Å². The molecule has 0 N–H and O–H groups in total. The lowest BCUT2D eigenvalue weighted by Gasteiger charge is -2.40. The highest BCUT2D eigenvalue weighted by atomic mass is 16.5. The molecule has 1 fully saturated rings. The molecule has 0 aliphatic carbocycles. The lowest BCUT2D eigenvalue weighted by Crippen LogP contribution is -2.50. The summed E-state index contributed by atoms with van der Waals surface area (Å²) in [5.74, 6) is 1.11. The van der Waals surface area contributed by atoms with Crippen molar-refractivity contribution in [3.63, 3.8) is 0 Å². The average Bonchev–Trinajstić information content (AvgIpc) is 3.22. The van der Waals surface area contributed by atoms with Crippen molar-refractivity contribution >= 4 is 5.91 Å². The van der Waals surface area contributed by atoms with Crippen LogP contribution >= 0.6 is 0 Å². The maximum atomic E-state index is 12.7. The van der Waals surface area contributed by atoms with Crippen molar-refractivity contribution < 1.29 is 14.1 Å². The van der Waals surface area contributed by atoms with Crippen molar-refractivity contribution in [1.29, 1.82) is 0 Å². The van der Waals surface area contributed by atoms with Crippen molar-refractivity contribution in [3.8, 4) is 0 Å². The zero-order valence-electron chi connectivity index (χ0n) is 13.9. The second-order valence-electron chi connectivity index (χ2n) is 6.90. The molecule has 1 saturated heterocycles. The van der Waals surface area contributed by atoms with Crippen LogP contribution in [-0.2, 0) is 17.8 Å². The number of ether oxygens (including phenoxy) is 1. The molecular formula is C16H21N5O3. The fourth-order valence-electron chi connectivity index (χ4n) is 3.44. The van der Waals surface area contributed by atoms with Crippen molar-refractivity contribution in [2.75, 3.05) is 13.1 Å². The van der Waals surface area contributed by atoms with Crippen molar-refractivity contribution in [3.05, 3.63) is 29.4 Å². The van der Waals surface area contributed by atoms with Crippen LogP contribution in [-0.4, -0.2) is 50.2 Å². The Morgan fingerprint density at radius 2 is 2.33 bits per heavy atom. The number of aromatic nitrogens is 4. The molecule has 8 heteroatoms. The van der Waals surface area contributed by atoms with Crippen molar-refractivity contribution in [2.45, 2.75) is 45.4 Å². The van der Waals surface area contributed by atoms with Crippen LogP contribution < -0.4 is 0 Å². The predicted octanol–water partition coefficient (Wildman–Crippen LogP) is 1.45. The number of fused-ring (bicyclic) bond motifs is 3. The molecule has 0 bridgehead atoms. The first-order chi connectivity index (χ1) is 11.6. The summed E-state index contributed by atoms with van der Waals surface area (Å²) >= 11 is 0. The van der Waals surface area contributed by atoms with E-state index in [1.165, 1.54) is 0 Å². The molecule has 0 aromatic carbocycles. The Balaban J connectivity index is 1.50. The molecule has 0 spiro atoms. The molecule has 8 nitrogen and oxygen atoms in total. The van der Waals surface area contributed by atoms with Gasteiger partial charge in [0.25, 0.3) is 5.91 Å². The zero-order valence-corrected chi connectivity index (χ0v) is 13.9. The molecule has 24 heavy (non-hydrogen) atoms. The first-order valence-electron chi connectivity index (χ1n) is 8.37. The Morgan fingerprint density at radius 1 is 1.46 bits per heavy atom. The molecule has 2 aliphatic heterocycles. The van der Waals surface area contributed by atoms with E-state index in [2.05, 4.69) is 29.3 Å². The van der Waals surface area contributed by atoms with E-state index in [-0.39, 0.29) is 18.1 Å². The smallest absolute Gasteiger partial charge is 0.276 e. The van der Waals surface area contributed by atoms with Gasteiger partial charge in [-0.05, 0) is 12.3 Å². The van der Waals surface area contributed by atoms with Gasteiger partial charge in [0.2, 0.25) is 0 Å². The largest absolute Gasteiger partial charge is 0.370 e. The van der Waals surface area contributed by atoms with Crippen LogP contribution in [0.4, 0.5) is 0 Å². The van der Waals surface area contributed by atoms with Gasteiger partial charge in [0.05, 0.1) is 30.6 Å². The number of rotatable bonds is 3. The van der Waals surface area contributed by atoms with Crippen LogP contribution in [0.2, 0.25) is 0 Å². The first kappa shape index (κ1) is 15.3. The van der Waals surface area contributed by atoms with E-state index in [4.69, 9.17) is 9.26 Å². The highest BCUT2D eigenvalue weighted by molar-refractivity contribution is 5.92. The minimum absolute atomic E-state index is 0.0102. The summed E-state index contributed by atoms with van der Waals surface area (Å²) in [4.78, 5) is 14.5. The van der Waals surface area contributed by atoms with Crippen LogP contribution in [0.15, 0.2) is 16.8 Å². The third kappa shape index (κ3) is 2.71. The quantitative estimate of drug-likeness (QED) is 0.846. The summed E-state index contributed by atoms with van der Waals surface area (Å²) < 4.78 is 13.1. The van der Waals surface area contributed by atoms with Gasteiger partial charge in [-0.3, -0.25) is 4.79 Å². The fourth-order valence-corrected chi connectivity index (χ4v) is 3.44. The number of piperidine rings is 1. The second kappa shape index (κ2) is 6.01. The van der Waals surface area contributed by atoms with Crippen LogP contribution in [0.3, 0.4) is 0 Å². The maximum Gasteiger partial charge on any atom is 0.276 e. The van der Waals surface area contributed by atoms with Gasteiger partial charge in [0.15, 0.2) is 5.69 Å². The minimum Gasteiger partial charge on any atom is -0.370 e. The Hall–Kier alpha value is -2.22. The molecule has 1 amide bonds. The molecule has 128 valence electrons. The van der Waals surface area contributed by atoms with Gasteiger partial charge in [-0.2, -0.15) is 0 Å². The third-order valence-corrected chi connectivity index (χ3v) is 4.60. The molecule has 0 unspecified atom stereocenters. The molecule has 4 heterocycles. The Kier molecular flexibility index (Phi) is 3.84. The summed E-state index contributed by atoms with van der Waals surface area (Å²) in [6.07, 6.45) is 3.36. The van der Waals surface area contributed by atoms with Gasteiger partial charge in [0.1, 0.15) is 5.76 Å². The molecular weight excluding hydrogens is 310 g/mol. The highest BCUT2D eigenvalue weighted by Crippen LogP contribution is 2.30. The van der Waals surface area contributed by atoms with E-state index in [9.17, 15) is 4.79 Å². The van der Waals surface area contributed by atoms with Crippen LogP contribution in [0, 0.1) is 5.92 Å². The van der Waals surface area contributed by atoms with E-state index >= 15 is 0 Å². The topological polar surface area (TPSA) is 86.3 Å². The Bertz CT molecular complexity index is 738. The highest BCUT2D eigenvalue weighted by Gasteiger charge is 2.38. The van der Waals surface area contributed by atoms with Crippen LogP contribution in [0.25, 0.3) is 0 Å². The van der Waals surface area contributed by atoms with Gasteiger partial charge in [-0.25, -0.2) is 4.68 Å². The number of hydrogen-bond donors (Lipinski definition) is 0. The Morgan fingerprint density at radius 3 is 3.17 bits per heavy atom. The fraction of sp³-hybridized carbons (Fsp3) is 0.625. The van der Waals surface area contributed by atoms with E-state index in [1.54, 1.807) is 17.2 Å². The molecule has 4 rings (SSSR count). The monoisotopic (exact) mass is 331 g/mol. The molecule has 2 aliphatic rings. The minimum atomic E-state index is -0.0977. The second-order valence-corrected chi connectivity index (χ2v) is 6.90. The Labute approximate surface area is 139 Å². The van der Waals surface area contributed by atoms with E-state index < -0.39 is 0 Å². The molecule has 2 aromatic rings. The summed E-state index contributed by atoms with van der Waals surface area (Å²) in [5.41, 5.74) is 1.32. The van der Waals surface area contributed by atoms with Gasteiger partial charge < -0.3 is 14.2 Å². The average molecular weight is 331 g/mol. The van der Waals surface area contributed by atoms with Crippen molar-refractivity contribution in [1.82, 2.24) is 25.1 Å². The zero-order chi connectivity index (χ0) is 16.7. The summed E-state index contributed by atoms with van der Waals surface area (Å²) in [7, 11) is 0. The lowest BCUT2D eigenvalue weighted by atomic mass is 10.00. The molecule has 2 aromatic heterocycles.